The van der Waals surface area contributed by atoms with Gasteiger partial charge in [-0.05, 0) is 35.0 Å². The molecule has 2 heterocycles. The standard InChI is InChI=1S/C19H19BrN4O3S/c1-19(26-2,17(21)25)9-13-11-28-18(23-13)24-16-15(8-12(20)10-22-16)27-14-6-4-3-5-7-14/h3-8,10-11H,9H2,1-2H3,(H2,21,25)(H,22,23,24). The predicted molar refractivity (Wildman–Crippen MR) is 112 cm³/mol. The van der Waals surface area contributed by atoms with Crippen molar-refractivity contribution in [3.8, 4) is 11.5 Å². The van der Waals surface area contributed by atoms with Gasteiger partial charge < -0.3 is 20.5 Å². The van der Waals surface area contributed by atoms with E-state index in [0.717, 1.165) is 4.47 Å². The molecule has 146 valence electrons. The molecule has 0 radical (unpaired) electrons. The molecule has 0 saturated heterocycles. The third-order valence-electron chi connectivity index (χ3n) is 4.06. The van der Waals surface area contributed by atoms with Crippen molar-refractivity contribution in [1.82, 2.24) is 9.97 Å². The Labute approximate surface area is 175 Å². The second-order valence-electron chi connectivity index (χ2n) is 6.16. The zero-order valence-corrected chi connectivity index (χ0v) is 17.7. The Hall–Kier alpha value is -2.49. The number of hydrogen-bond donors (Lipinski definition) is 2. The van der Waals surface area contributed by atoms with E-state index in [2.05, 4.69) is 31.2 Å². The van der Waals surface area contributed by atoms with Crippen LogP contribution < -0.4 is 15.8 Å². The second-order valence-corrected chi connectivity index (χ2v) is 7.93. The molecule has 2 aromatic heterocycles. The summed E-state index contributed by atoms with van der Waals surface area (Å²) in [6, 6.07) is 11.3. The van der Waals surface area contributed by atoms with Crippen LogP contribution in [0.15, 0.2) is 52.4 Å². The molecule has 1 amide bonds. The highest BCUT2D eigenvalue weighted by Gasteiger charge is 2.32. The summed E-state index contributed by atoms with van der Waals surface area (Å²) in [4.78, 5) is 20.5. The fourth-order valence-electron chi connectivity index (χ4n) is 2.36. The van der Waals surface area contributed by atoms with Crippen molar-refractivity contribution in [2.75, 3.05) is 12.4 Å². The number of nitrogens with two attached hydrogens (primary N) is 1. The lowest BCUT2D eigenvalue weighted by atomic mass is 10.00. The highest BCUT2D eigenvalue weighted by atomic mass is 79.9. The molecule has 3 N–H and O–H groups in total. The van der Waals surface area contributed by atoms with Crippen LogP contribution in [0.25, 0.3) is 0 Å². The largest absolute Gasteiger partial charge is 0.453 e. The maximum absolute atomic E-state index is 11.6. The zero-order valence-electron chi connectivity index (χ0n) is 15.3. The Bertz CT molecular complexity index is 967. The van der Waals surface area contributed by atoms with Gasteiger partial charge in [-0.1, -0.05) is 18.2 Å². The first-order chi connectivity index (χ1) is 13.4. The highest BCUT2D eigenvalue weighted by Crippen LogP contribution is 2.33. The van der Waals surface area contributed by atoms with Crippen LogP contribution in [-0.2, 0) is 16.0 Å². The van der Waals surface area contributed by atoms with E-state index in [-0.39, 0.29) is 6.42 Å². The SMILES string of the molecule is COC(C)(Cc1csc(Nc2ncc(Br)cc2Oc2ccccc2)n1)C(N)=O. The number of carbonyl (C=O) groups excluding carboxylic acids is 1. The number of nitrogens with zero attached hydrogens (tertiary/aromatic N) is 2. The average molecular weight is 463 g/mol. The molecular weight excluding hydrogens is 444 g/mol. The minimum Gasteiger partial charge on any atom is -0.453 e. The van der Waals surface area contributed by atoms with Crippen molar-refractivity contribution >= 4 is 44.1 Å². The van der Waals surface area contributed by atoms with Crippen LogP contribution in [0, 0.1) is 0 Å². The summed E-state index contributed by atoms with van der Waals surface area (Å²) < 4.78 is 12.0. The third-order valence-corrected chi connectivity index (χ3v) is 5.30. The fourth-order valence-corrected chi connectivity index (χ4v) is 3.38. The van der Waals surface area contributed by atoms with Crippen molar-refractivity contribution in [3.63, 3.8) is 0 Å². The molecule has 3 rings (SSSR count). The van der Waals surface area contributed by atoms with Crippen LogP contribution in [0.1, 0.15) is 12.6 Å². The van der Waals surface area contributed by atoms with E-state index < -0.39 is 11.5 Å². The minimum atomic E-state index is -1.11. The number of aromatic nitrogens is 2. The monoisotopic (exact) mass is 462 g/mol. The normalized spacial score (nSPS) is 13.0. The first kappa shape index (κ1) is 20.2. The van der Waals surface area contributed by atoms with E-state index in [9.17, 15) is 4.79 Å². The van der Waals surface area contributed by atoms with Gasteiger partial charge in [0.1, 0.15) is 11.4 Å². The Morgan fingerprint density at radius 1 is 1.36 bits per heavy atom. The number of ether oxygens (including phenoxy) is 2. The number of thiazole rings is 1. The lowest BCUT2D eigenvalue weighted by Crippen LogP contribution is -2.44. The van der Waals surface area contributed by atoms with Gasteiger partial charge >= 0.3 is 0 Å². The number of rotatable bonds is 8. The Morgan fingerprint density at radius 2 is 2.11 bits per heavy atom. The molecule has 0 bridgehead atoms. The van der Waals surface area contributed by atoms with Crippen LogP contribution in [0.3, 0.4) is 0 Å². The molecule has 3 aromatic rings. The number of para-hydroxylation sites is 1. The molecule has 1 atom stereocenters. The summed E-state index contributed by atoms with van der Waals surface area (Å²) >= 11 is 4.80. The van der Waals surface area contributed by atoms with Crippen LogP contribution in [-0.4, -0.2) is 28.6 Å². The van der Waals surface area contributed by atoms with Gasteiger partial charge in [0.05, 0.1) is 5.69 Å². The van der Waals surface area contributed by atoms with Gasteiger partial charge in [-0.25, -0.2) is 9.97 Å². The van der Waals surface area contributed by atoms with Crippen LogP contribution in [0.5, 0.6) is 11.5 Å². The number of hydrogen-bond acceptors (Lipinski definition) is 7. The molecule has 1 aromatic carbocycles. The number of carbonyl (C=O) groups is 1. The molecule has 28 heavy (non-hydrogen) atoms. The van der Waals surface area contributed by atoms with Crippen molar-refractivity contribution in [1.29, 1.82) is 0 Å². The number of methoxy groups -OCH3 is 1. The second kappa shape index (κ2) is 8.68. The van der Waals surface area contributed by atoms with Gasteiger partial charge in [0.15, 0.2) is 16.7 Å². The average Bonchev–Trinajstić information content (AvgIpc) is 3.11. The van der Waals surface area contributed by atoms with Crippen LogP contribution >= 0.6 is 27.3 Å². The first-order valence-electron chi connectivity index (χ1n) is 8.34. The molecule has 9 heteroatoms. The summed E-state index contributed by atoms with van der Waals surface area (Å²) in [7, 11) is 1.45. The Morgan fingerprint density at radius 3 is 2.79 bits per heavy atom. The number of primary amides is 1. The highest BCUT2D eigenvalue weighted by molar-refractivity contribution is 9.10. The molecule has 0 saturated carbocycles. The number of halogens is 1. The molecule has 0 aliphatic carbocycles. The zero-order chi connectivity index (χ0) is 20.1. The van der Waals surface area contributed by atoms with Gasteiger partial charge in [-0.15, -0.1) is 11.3 Å². The molecule has 0 spiro atoms. The van der Waals surface area contributed by atoms with E-state index in [0.29, 0.717) is 28.1 Å². The van der Waals surface area contributed by atoms with Crippen molar-refractivity contribution in [2.24, 2.45) is 5.73 Å². The number of anilines is 2. The van der Waals surface area contributed by atoms with Crippen molar-refractivity contribution < 1.29 is 14.3 Å². The van der Waals surface area contributed by atoms with Crippen molar-refractivity contribution in [2.45, 2.75) is 18.9 Å². The quantitative estimate of drug-likeness (QED) is 0.518. The van der Waals surface area contributed by atoms with Gasteiger partial charge in [0.25, 0.3) is 0 Å². The van der Waals surface area contributed by atoms with Gasteiger partial charge in [0, 0.05) is 35.6 Å². The van der Waals surface area contributed by atoms with Gasteiger partial charge in [-0.3, -0.25) is 4.79 Å². The topological polar surface area (TPSA) is 99.4 Å². The lowest BCUT2D eigenvalue weighted by Gasteiger charge is -2.23. The van der Waals surface area contributed by atoms with Crippen molar-refractivity contribution in [3.05, 3.63) is 58.1 Å². The number of benzene rings is 1. The van der Waals surface area contributed by atoms with E-state index in [1.54, 1.807) is 13.1 Å². The van der Waals surface area contributed by atoms with E-state index >= 15 is 0 Å². The molecule has 1 unspecified atom stereocenters. The summed E-state index contributed by atoms with van der Waals surface area (Å²) in [5.41, 5.74) is 5.02. The van der Waals surface area contributed by atoms with E-state index in [1.165, 1.54) is 18.4 Å². The Balaban J connectivity index is 1.79. The molecule has 7 nitrogen and oxygen atoms in total. The smallest absolute Gasteiger partial charge is 0.249 e. The predicted octanol–water partition coefficient (Wildman–Crippen LogP) is 4.27. The number of nitrogens with one attached hydrogen (secondary N) is 1. The molecule has 0 fully saturated rings. The first-order valence-corrected chi connectivity index (χ1v) is 10.0. The Kier molecular flexibility index (Phi) is 6.28. The fraction of sp³-hybridized carbons (Fsp3) is 0.211. The van der Waals surface area contributed by atoms with E-state index in [4.69, 9.17) is 15.2 Å². The summed E-state index contributed by atoms with van der Waals surface area (Å²) in [6.07, 6.45) is 1.95. The molecule has 0 aliphatic rings. The van der Waals surface area contributed by atoms with Gasteiger partial charge in [0.2, 0.25) is 5.91 Å². The van der Waals surface area contributed by atoms with E-state index in [1.807, 2.05) is 41.8 Å². The molecule has 0 aliphatic heterocycles. The maximum atomic E-state index is 11.6. The molecular formula is C19H19BrN4O3S. The van der Waals surface area contributed by atoms with Crippen LogP contribution in [0.4, 0.5) is 10.9 Å². The lowest BCUT2D eigenvalue weighted by molar-refractivity contribution is -0.137. The summed E-state index contributed by atoms with van der Waals surface area (Å²) in [6.45, 7) is 1.64. The van der Waals surface area contributed by atoms with Gasteiger partial charge in [-0.2, -0.15) is 0 Å². The number of amides is 1. The summed E-state index contributed by atoms with van der Waals surface area (Å²) in [5, 5.41) is 5.63. The minimum absolute atomic E-state index is 0.276. The maximum Gasteiger partial charge on any atom is 0.249 e. The summed E-state index contributed by atoms with van der Waals surface area (Å²) in [5.74, 6) is 1.24. The number of pyridine rings is 1. The van der Waals surface area contributed by atoms with Crippen LogP contribution in [0.2, 0.25) is 0 Å². The third kappa shape index (κ3) is 4.86.